The number of carbonyl (C=O) groups excluding carboxylic acids is 2. The first-order chi connectivity index (χ1) is 30.9. The molecule has 6 rings (SSSR count). The highest BCUT2D eigenvalue weighted by Crippen LogP contribution is 2.51. The van der Waals surface area contributed by atoms with Crippen LogP contribution in [0.3, 0.4) is 0 Å². The van der Waals surface area contributed by atoms with Gasteiger partial charge in [-0.25, -0.2) is 19.8 Å². The predicted molar refractivity (Wildman–Crippen MR) is 263 cm³/mol. The highest BCUT2D eigenvalue weighted by molar-refractivity contribution is 6.26. The van der Waals surface area contributed by atoms with E-state index >= 15 is 0 Å². The monoisotopic (exact) mass is 887 g/mol. The van der Waals surface area contributed by atoms with Crippen LogP contribution in [0.2, 0.25) is 0 Å². The molecule has 6 aliphatic rings. The Kier molecular flexibility index (Phi) is 16.0. The number of rotatable bonds is 20. The Labute approximate surface area is 388 Å². The lowest BCUT2D eigenvalue weighted by atomic mass is 9.83. The van der Waals surface area contributed by atoms with Gasteiger partial charge in [-0.05, 0) is 118 Å². The second kappa shape index (κ2) is 21.0. The van der Waals surface area contributed by atoms with Crippen LogP contribution >= 0.6 is 0 Å². The summed E-state index contributed by atoms with van der Waals surface area (Å²) in [6, 6.07) is 0. The maximum atomic E-state index is 13.7. The van der Waals surface area contributed by atoms with E-state index < -0.39 is 23.2 Å². The van der Waals surface area contributed by atoms with Gasteiger partial charge in [-0.3, -0.25) is 4.79 Å². The zero-order valence-electron chi connectivity index (χ0n) is 41.0. The third-order valence-corrected chi connectivity index (χ3v) is 14.5. The van der Waals surface area contributed by atoms with E-state index in [2.05, 4.69) is 60.4 Å². The Balaban J connectivity index is 1.22. The van der Waals surface area contributed by atoms with Gasteiger partial charge in [-0.1, -0.05) is 105 Å². The Bertz CT molecular complexity index is 2350. The Morgan fingerprint density at radius 3 is 2.18 bits per heavy atom. The lowest BCUT2D eigenvalue weighted by Gasteiger charge is -2.26. The molecule has 0 amide bonds. The number of aliphatic hydroxyl groups is 2. The van der Waals surface area contributed by atoms with Gasteiger partial charge < -0.3 is 25.0 Å². The van der Waals surface area contributed by atoms with Crippen LogP contribution in [0.4, 0.5) is 0 Å². The van der Waals surface area contributed by atoms with Crippen molar-refractivity contribution in [3.63, 3.8) is 0 Å². The molecule has 350 valence electrons. The maximum Gasteiger partial charge on any atom is 0.350 e. The SMILES string of the molecule is C=CC1=C(C)C2=NC1=CC1=NC(=CC3=C(C)C4=C(O)[C@@](O)(C(=O)OC)C(=C5NC(=C2)[C@@H](C)[C@@H]5CCC(=O)OC/C=C(\C)CCC[C@H](C)CCC[C@H](C)CCCC(C)C)C4=N3)C(CC)=C1C. The van der Waals surface area contributed by atoms with Gasteiger partial charge in [0.2, 0.25) is 5.60 Å². The van der Waals surface area contributed by atoms with E-state index in [0.29, 0.717) is 29.3 Å². The number of nitrogens with zero attached hydrogens (tertiary/aromatic N) is 3. The first-order valence-corrected chi connectivity index (χ1v) is 24.2. The molecule has 1 fully saturated rings. The smallest absolute Gasteiger partial charge is 0.350 e. The summed E-state index contributed by atoms with van der Waals surface area (Å²) in [4.78, 5) is 42.3. The van der Waals surface area contributed by atoms with E-state index in [0.717, 1.165) is 81.9 Å². The number of carbonyl (C=O) groups is 2. The molecule has 0 spiro atoms. The summed E-state index contributed by atoms with van der Waals surface area (Å²) in [7, 11) is 1.18. The number of aliphatic hydroxyl groups excluding tert-OH is 1. The van der Waals surface area contributed by atoms with Gasteiger partial charge >= 0.3 is 11.9 Å². The highest BCUT2D eigenvalue weighted by Gasteiger charge is 2.59. The Morgan fingerprint density at radius 2 is 1.54 bits per heavy atom. The van der Waals surface area contributed by atoms with E-state index in [1.807, 2.05) is 51.2 Å². The normalized spacial score (nSPS) is 23.7. The average Bonchev–Trinajstić information content (AvgIpc) is 3.99. The summed E-state index contributed by atoms with van der Waals surface area (Å²) < 4.78 is 10.9. The summed E-state index contributed by atoms with van der Waals surface area (Å²) in [5.74, 6) is -0.273. The molecule has 0 unspecified atom stereocenters. The molecule has 0 aromatic carbocycles. The Morgan fingerprint density at radius 1 is 0.892 bits per heavy atom. The van der Waals surface area contributed by atoms with Gasteiger partial charge in [0.1, 0.15) is 6.61 Å². The molecule has 5 atom stereocenters. The highest BCUT2D eigenvalue weighted by atomic mass is 16.5. The van der Waals surface area contributed by atoms with E-state index in [4.69, 9.17) is 24.5 Å². The van der Waals surface area contributed by atoms with Crippen LogP contribution in [0.5, 0.6) is 0 Å². The number of allylic oxidation sites excluding steroid dienone is 12. The fourth-order valence-electron chi connectivity index (χ4n) is 10.2. The molecule has 5 heterocycles. The van der Waals surface area contributed by atoms with Gasteiger partial charge in [0.15, 0.2) is 5.76 Å². The maximum absolute atomic E-state index is 13.7. The van der Waals surface area contributed by atoms with Crippen molar-refractivity contribution in [2.75, 3.05) is 13.7 Å². The molecular weight excluding hydrogens is 813 g/mol. The van der Waals surface area contributed by atoms with Gasteiger partial charge in [0.25, 0.3) is 0 Å². The molecule has 1 saturated heterocycles. The standard InChI is InChI=1S/C55H74N4O6/c1-13-39-35(8)42-28-44-37(10)41(24-25-48(60)65-27-26-34(7)23-17-22-33(6)21-16-20-32(5)19-15-18-31(3)4)51(58-44)50-52-49(53(61)55(50,63)54(62)64-12)38(11)45(59-52)30-47-40(14-2)36(9)43(57-47)29-46(39)56-42/h13,26,28-33,37,41,58,61,63H,1,14-25,27H2,2-12H3/b34-26+,44-28?,46-29?,47-30?,51-50?/t32-,33-,37+,41+,55-/m1/s1. The first-order valence-electron chi connectivity index (χ1n) is 24.2. The number of nitrogens with one attached hydrogen (secondary N) is 1. The quantitative estimate of drug-likeness (QED) is 0.0816. The molecule has 0 aromatic heterocycles. The van der Waals surface area contributed by atoms with Crippen molar-refractivity contribution in [2.45, 2.75) is 152 Å². The van der Waals surface area contributed by atoms with Crippen molar-refractivity contribution in [1.29, 1.82) is 0 Å². The minimum absolute atomic E-state index is 0.0878. The topological polar surface area (TPSA) is 142 Å². The zero-order chi connectivity index (χ0) is 47.3. The van der Waals surface area contributed by atoms with Crippen molar-refractivity contribution in [1.82, 2.24) is 5.32 Å². The van der Waals surface area contributed by atoms with Crippen molar-refractivity contribution in [3.05, 3.63) is 116 Å². The predicted octanol–water partition coefficient (Wildman–Crippen LogP) is 12.1. The van der Waals surface area contributed by atoms with Crippen molar-refractivity contribution in [3.8, 4) is 0 Å². The molecule has 0 saturated carbocycles. The van der Waals surface area contributed by atoms with Gasteiger partial charge in [-0.15, -0.1) is 0 Å². The van der Waals surface area contributed by atoms with E-state index in [1.54, 1.807) is 0 Å². The molecule has 3 N–H and O–H groups in total. The van der Waals surface area contributed by atoms with Crippen molar-refractivity contribution < 1.29 is 29.3 Å². The number of methoxy groups -OCH3 is 1. The summed E-state index contributed by atoms with van der Waals surface area (Å²) in [5, 5.41) is 27.9. The average molecular weight is 887 g/mol. The second-order valence-electron chi connectivity index (χ2n) is 19.7. The lowest BCUT2D eigenvalue weighted by molar-refractivity contribution is -0.156. The van der Waals surface area contributed by atoms with Gasteiger partial charge in [0, 0.05) is 46.4 Å². The minimum atomic E-state index is -2.55. The van der Waals surface area contributed by atoms with Crippen molar-refractivity contribution in [2.24, 2.45) is 44.6 Å². The van der Waals surface area contributed by atoms with Crippen LogP contribution in [0.25, 0.3) is 0 Å². The van der Waals surface area contributed by atoms with Crippen LogP contribution in [-0.2, 0) is 19.1 Å². The molecule has 5 aliphatic heterocycles. The van der Waals surface area contributed by atoms with Crippen LogP contribution in [0.15, 0.2) is 131 Å². The zero-order valence-corrected chi connectivity index (χ0v) is 41.0. The molecule has 0 radical (unpaired) electrons. The summed E-state index contributed by atoms with van der Waals surface area (Å²) >= 11 is 0. The number of fused-ring (bicyclic) bond motifs is 5. The third kappa shape index (κ3) is 10.3. The molecule has 1 aliphatic carbocycles. The Hall–Kier alpha value is -5.09. The lowest BCUT2D eigenvalue weighted by Crippen LogP contribution is -2.44. The minimum Gasteiger partial charge on any atom is -0.507 e. The summed E-state index contributed by atoms with van der Waals surface area (Å²) in [6.45, 7) is 25.8. The number of hydrogen-bond donors (Lipinski definition) is 3. The number of hydrogen-bond acceptors (Lipinski definition) is 10. The van der Waals surface area contributed by atoms with E-state index in [1.165, 1.54) is 57.6 Å². The number of ether oxygens (including phenoxy) is 2. The number of aliphatic imine (C=N–C) groups is 3. The van der Waals surface area contributed by atoms with Crippen LogP contribution < -0.4 is 5.32 Å². The largest absolute Gasteiger partial charge is 0.507 e. The molecular formula is C55H74N4O6. The summed E-state index contributed by atoms with van der Waals surface area (Å²) in [6.07, 6.45) is 22.0. The fourth-order valence-corrected chi connectivity index (χ4v) is 10.2. The summed E-state index contributed by atoms with van der Waals surface area (Å²) in [5.41, 5.74) is 8.67. The number of esters is 2. The van der Waals surface area contributed by atoms with Crippen LogP contribution in [0, 0.1) is 29.6 Å². The van der Waals surface area contributed by atoms with E-state index in [-0.39, 0.29) is 41.8 Å². The van der Waals surface area contributed by atoms with Crippen LogP contribution in [-0.4, -0.2) is 58.6 Å². The van der Waals surface area contributed by atoms with Gasteiger partial charge in [0.05, 0.1) is 41.3 Å². The van der Waals surface area contributed by atoms with E-state index in [9.17, 15) is 19.8 Å². The molecule has 0 aromatic rings. The molecule has 10 heteroatoms. The van der Waals surface area contributed by atoms with Crippen LogP contribution in [0.1, 0.15) is 146 Å². The molecule has 8 bridgehead atoms. The molecule has 10 nitrogen and oxygen atoms in total. The third-order valence-electron chi connectivity index (χ3n) is 14.5. The first kappa shape index (κ1) is 49.3. The molecule has 65 heavy (non-hydrogen) atoms. The second-order valence-corrected chi connectivity index (χ2v) is 19.7. The van der Waals surface area contributed by atoms with Gasteiger partial charge in [-0.2, -0.15) is 0 Å². The fraction of sp³-hybridized carbons (Fsp3) is 0.545. The van der Waals surface area contributed by atoms with Crippen molar-refractivity contribution >= 4 is 29.1 Å².